The number of carbonyl (C=O) groups excluding carboxylic acids is 1. The topological polar surface area (TPSA) is 76.5 Å². The van der Waals surface area contributed by atoms with Crippen LogP contribution in [0.2, 0.25) is 0 Å². The molecule has 6 rings (SSSR count). The van der Waals surface area contributed by atoms with Crippen LogP contribution in [0.15, 0.2) is 30.7 Å². The molecular weight excluding hydrogens is 290 g/mol. The van der Waals surface area contributed by atoms with Gasteiger partial charge in [0.2, 0.25) is 0 Å². The summed E-state index contributed by atoms with van der Waals surface area (Å²) >= 11 is 0. The Morgan fingerprint density at radius 2 is 2.13 bits per heavy atom. The SMILES string of the molecule is CN(C(=O)c1ccc2nc(N)c3cncn3c2c1)C12CC(C1)C2. The Kier molecular flexibility index (Phi) is 2.24. The van der Waals surface area contributed by atoms with Crippen molar-refractivity contribution in [1.82, 2.24) is 19.3 Å². The highest BCUT2D eigenvalue weighted by atomic mass is 16.2. The number of anilines is 1. The lowest BCUT2D eigenvalue weighted by molar-refractivity contribution is -0.114. The Morgan fingerprint density at radius 1 is 1.35 bits per heavy atom. The molecule has 3 aromatic rings. The maximum absolute atomic E-state index is 12.8. The first kappa shape index (κ1) is 12.9. The van der Waals surface area contributed by atoms with Crippen LogP contribution in [0.1, 0.15) is 29.6 Å². The van der Waals surface area contributed by atoms with Crippen LogP contribution in [0.4, 0.5) is 5.82 Å². The van der Waals surface area contributed by atoms with E-state index in [1.165, 1.54) is 0 Å². The Hall–Kier alpha value is -2.63. The Bertz CT molecular complexity index is 959. The minimum atomic E-state index is 0.0788. The van der Waals surface area contributed by atoms with Crippen molar-refractivity contribution >= 4 is 28.3 Å². The molecule has 6 nitrogen and oxygen atoms in total. The largest absolute Gasteiger partial charge is 0.382 e. The maximum atomic E-state index is 12.8. The minimum absolute atomic E-state index is 0.0788. The lowest BCUT2D eigenvalue weighted by Crippen LogP contribution is -2.68. The molecule has 116 valence electrons. The molecule has 2 aromatic heterocycles. The van der Waals surface area contributed by atoms with Crippen molar-refractivity contribution < 1.29 is 4.79 Å². The van der Waals surface area contributed by atoms with Crippen LogP contribution in [0.5, 0.6) is 0 Å². The molecule has 3 aliphatic carbocycles. The van der Waals surface area contributed by atoms with Crippen molar-refractivity contribution in [3.63, 3.8) is 0 Å². The summed E-state index contributed by atoms with van der Waals surface area (Å²) in [6.07, 6.45) is 6.87. The van der Waals surface area contributed by atoms with Gasteiger partial charge in [0.05, 0.1) is 23.6 Å². The molecule has 6 heteroatoms. The van der Waals surface area contributed by atoms with Gasteiger partial charge in [-0.3, -0.25) is 9.20 Å². The molecule has 3 aliphatic rings. The summed E-state index contributed by atoms with van der Waals surface area (Å²) in [6.45, 7) is 0. The van der Waals surface area contributed by atoms with Crippen molar-refractivity contribution in [2.75, 3.05) is 12.8 Å². The Morgan fingerprint density at radius 3 is 2.83 bits per heavy atom. The fourth-order valence-electron chi connectivity index (χ4n) is 4.06. The van der Waals surface area contributed by atoms with Crippen LogP contribution in [0.25, 0.3) is 16.6 Å². The normalized spacial score (nSPS) is 25.2. The third kappa shape index (κ3) is 1.55. The molecule has 3 saturated carbocycles. The van der Waals surface area contributed by atoms with E-state index in [2.05, 4.69) is 9.97 Å². The summed E-state index contributed by atoms with van der Waals surface area (Å²) in [4.78, 5) is 23.3. The second-order valence-corrected chi connectivity index (χ2v) is 6.92. The average molecular weight is 307 g/mol. The van der Waals surface area contributed by atoms with Crippen LogP contribution >= 0.6 is 0 Å². The van der Waals surface area contributed by atoms with Crippen LogP contribution in [-0.2, 0) is 0 Å². The number of carbonyl (C=O) groups is 1. The summed E-state index contributed by atoms with van der Waals surface area (Å²) in [5.41, 5.74) is 9.14. The zero-order valence-corrected chi connectivity index (χ0v) is 12.9. The van der Waals surface area contributed by atoms with Gasteiger partial charge in [-0.05, 0) is 43.4 Å². The molecule has 0 radical (unpaired) electrons. The summed E-state index contributed by atoms with van der Waals surface area (Å²) < 4.78 is 1.88. The van der Waals surface area contributed by atoms with Crippen LogP contribution < -0.4 is 5.73 Å². The Balaban J connectivity index is 1.62. The van der Waals surface area contributed by atoms with Crippen molar-refractivity contribution in [3.8, 4) is 0 Å². The minimum Gasteiger partial charge on any atom is -0.382 e. The fraction of sp³-hybridized carbons (Fsp3) is 0.353. The van der Waals surface area contributed by atoms with Gasteiger partial charge in [-0.2, -0.15) is 0 Å². The van der Waals surface area contributed by atoms with Crippen LogP contribution in [0.3, 0.4) is 0 Å². The highest BCUT2D eigenvalue weighted by molar-refractivity contribution is 5.98. The smallest absolute Gasteiger partial charge is 0.254 e. The number of amides is 1. The summed E-state index contributed by atoms with van der Waals surface area (Å²) in [5, 5.41) is 0. The van der Waals surface area contributed by atoms with Gasteiger partial charge < -0.3 is 10.6 Å². The first-order chi connectivity index (χ1) is 11.1. The first-order valence-corrected chi connectivity index (χ1v) is 7.87. The number of benzene rings is 1. The lowest BCUT2D eigenvalue weighted by atomic mass is 9.49. The highest BCUT2D eigenvalue weighted by Gasteiger charge is 2.60. The van der Waals surface area contributed by atoms with Gasteiger partial charge in [0, 0.05) is 18.2 Å². The van der Waals surface area contributed by atoms with E-state index >= 15 is 0 Å². The molecule has 1 amide bonds. The number of hydrogen-bond donors (Lipinski definition) is 1. The zero-order valence-electron chi connectivity index (χ0n) is 12.9. The maximum Gasteiger partial charge on any atom is 0.254 e. The average Bonchev–Trinajstić information content (AvgIpc) is 2.93. The lowest BCUT2D eigenvalue weighted by Gasteiger charge is -2.65. The predicted molar refractivity (Wildman–Crippen MR) is 87.1 cm³/mol. The second-order valence-electron chi connectivity index (χ2n) is 6.92. The summed E-state index contributed by atoms with van der Waals surface area (Å²) in [5.74, 6) is 1.37. The van der Waals surface area contributed by atoms with Gasteiger partial charge in [-0.1, -0.05) is 0 Å². The number of imidazole rings is 1. The van der Waals surface area contributed by atoms with Crippen molar-refractivity contribution in [2.45, 2.75) is 24.8 Å². The van der Waals surface area contributed by atoms with E-state index in [1.807, 2.05) is 34.5 Å². The molecule has 23 heavy (non-hydrogen) atoms. The number of hydrogen-bond acceptors (Lipinski definition) is 4. The molecule has 2 bridgehead atoms. The second kappa shape index (κ2) is 4.01. The number of fused-ring (bicyclic) bond motifs is 3. The van der Waals surface area contributed by atoms with Crippen LogP contribution in [-0.4, -0.2) is 37.8 Å². The van der Waals surface area contributed by atoms with Gasteiger partial charge >= 0.3 is 0 Å². The molecule has 2 N–H and O–H groups in total. The molecule has 0 saturated heterocycles. The molecule has 3 fully saturated rings. The van der Waals surface area contributed by atoms with Crippen molar-refractivity contribution in [3.05, 3.63) is 36.3 Å². The number of nitrogen functional groups attached to an aromatic ring is 1. The molecule has 2 heterocycles. The van der Waals surface area contributed by atoms with Crippen molar-refractivity contribution in [1.29, 1.82) is 0 Å². The van der Waals surface area contributed by atoms with E-state index in [0.717, 1.165) is 41.7 Å². The standard InChI is InChI=1S/C17H17N5O/c1-21(17-5-10(6-17)7-17)16(23)11-2-3-12-13(4-11)22-9-19-8-14(22)15(18)20-12/h2-4,8-10H,5-7H2,1H3,(H2,18,20). The fourth-order valence-corrected chi connectivity index (χ4v) is 4.06. The van der Waals surface area contributed by atoms with E-state index in [9.17, 15) is 4.79 Å². The van der Waals surface area contributed by atoms with Gasteiger partial charge in [-0.25, -0.2) is 9.97 Å². The predicted octanol–water partition coefficient (Wildman–Crippen LogP) is 2.09. The molecule has 0 atom stereocenters. The summed E-state index contributed by atoms with van der Waals surface area (Å²) in [6, 6.07) is 5.58. The third-order valence-corrected chi connectivity index (χ3v) is 5.65. The molecular formula is C17H17N5O. The number of nitrogens with two attached hydrogens (primary N) is 1. The summed E-state index contributed by atoms with van der Waals surface area (Å²) in [7, 11) is 1.93. The Labute approximate surface area is 132 Å². The molecule has 0 aliphatic heterocycles. The number of rotatable bonds is 2. The highest BCUT2D eigenvalue weighted by Crippen LogP contribution is 2.60. The monoisotopic (exact) mass is 307 g/mol. The molecule has 1 aromatic carbocycles. The van der Waals surface area contributed by atoms with Gasteiger partial charge in [0.15, 0.2) is 0 Å². The van der Waals surface area contributed by atoms with Crippen LogP contribution in [0, 0.1) is 5.92 Å². The molecule has 0 unspecified atom stereocenters. The van der Waals surface area contributed by atoms with Gasteiger partial charge in [0.25, 0.3) is 5.91 Å². The number of aromatic nitrogens is 3. The van der Waals surface area contributed by atoms with Gasteiger partial charge in [0.1, 0.15) is 11.3 Å². The van der Waals surface area contributed by atoms with E-state index in [4.69, 9.17) is 5.73 Å². The zero-order chi connectivity index (χ0) is 15.8. The van der Waals surface area contributed by atoms with E-state index in [1.54, 1.807) is 12.5 Å². The first-order valence-electron chi connectivity index (χ1n) is 7.87. The van der Waals surface area contributed by atoms with E-state index in [-0.39, 0.29) is 11.4 Å². The molecule has 0 spiro atoms. The quantitative estimate of drug-likeness (QED) is 0.786. The van der Waals surface area contributed by atoms with E-state index in [0.29, 0.717) is 11.4 Å². The van der Waals surface area contributed by atoms with Crippen molar-refractivity contribution in [2.24, 2.45) is 5.92 Å². The van der Waals surface area contributed by atoms with E-state index < -0.39 is 0 Å². The third-order valence-electron chi connectivity index (χ3n) is 5.65. The number of nitrogens with zero attached hydrogens (tertiary/aromatic N) is 4. The van der Waals surface area contributed by atoms with Gasteiger partial charge in [-0.15, -0.1) is 0 Å².